The summed E-state index contributed by atoms with van der Waals surface area (Å²) in [7, 11) is 0. The number of esters is 1. The van der Waals surface area contributed by atoms with Crippen LogP contribution in [0.5, 0.6) is 0 Å². The van der Waals surface area contributed by atoms with E-state index >= 15 is 0 Å². The van der Waals surface area contributed by atoms with Crippen molar-refractivity contribution in [3.8, 4) is 6.07 Å². The first-order chi connectivity index (χ1) is 9.58. The zero-order chi connectivity index (χ0) is 14.7. The summed E-state index contributed by atoms with van der Waals surface area (Å²) in [6.07, 6.45) is 0. The number of fused-ring (bicyclic) bond motifs is 1. The zero-order valence-electron chi connectivity index (χ0n) is 11.2. The van der Waals surface area contributed by atoms with Crippen molar-refractivity contribution < 1.29 is 9.53 Å². The predicted molar refractivity (Wildman–Crippen MR) is 72.3 cm³/mol. The Morgan fingerprint density at radius 2 is 2.25 bits per heavy atom. The summed E-state index contributed by atoms with van der Waals surface area (Å²) in [5.41, 5.74) is 1.76. The highest BCUT2D eigenvalue weighted by Crippen LogP contribution is 2.14. The number of carbonyl (C=O) groups excluding carboxylic acids is 1. The van der Waals surface area contributed by atoms with Gasteiger partial charge in [0.15, 0.2) is 6.61 Å². The lowest BCUT2D eigenvalue weighted by Gasteiger charge is -2.09. The number of hydrogen-bond donors (Lipinski definition) is 0. The van der Waals surface area contributed by atoms with Crippen molar-refractivity contribution in [1.82, 2.24) is 9.55 Å². The highest BCUT2D eigenvalue weighted by Gasteiger charge is 2.11. The fourth-order valence-electron chi connectivity index (χ4n) is 2.00. The fourth-order valence-corrected chi connectivity index (χ4v) is 2.00. The molecule has 0 radical (unpaired) electrons. The predicted octanol–water partition coefficient (Wildman–Crippen LogP) is 1.41. The minimum atomic E-state index is -0.581. The molecule has 0 aliphatic heterocycles. The van der Waals surface area contributed by atoms with E-state index in [2.05, 4.69) is 4.98 Å². The van der Waals surface area contributed by atoms with E-state index < -0.39 is 5.97 Å². The number of aryl methyl sites for hydroxylation is 2. The third kappa shape index (κ3) is 2.38. The van der Waals surface area contributed by atoms with E-state index in [1.54, 1.807) is 35.8 Å². The zero-order valence-corrected chi connectivity index (χ0v) is 11.2. The van der Waals surface area contributed by atoms with Gasteiger partial charge in [0.25, 0.3) is 5.56 Å². The van der Waals surface area contributed by atoms with Gasteiger partial charge in [0.1, 0.15) is 11.8 Å². The minimum Gasteiger partial charge on any atom is -0.447 e. The Bertz CT molecular complexity index is 772. The average molecular weight is 271 g/mol. The van der Waals surface area contributed by atoms with Gasteiger partial charge in [-0.25, -0.2) is 9.78 Å². The maximum atomic E-state index is 11.9. The molecule has 1 heterocycles. The van der Waals surface area contributed by atoms with Crippen LogP contribution in [0.4, 0.5) is 0 Å². The Kier molecular flexibility index (Phi) is 3.80. The summed E-state index contributed by atoms with van der Waals surface area (Å²) in [5.74, 6) is -0.581. The summed E-state index contributed by atoms with van der Waals surface area (Å²) in [4.78, 5) is 27.8. The molecule has 0 fully saturated rings. The number of rotatable bonds is 3. The topological polar surface area (TPSA) is 85.0 Å². The van der Waals surface area contributed by atoms with Crippen LogP contribution in [0.15, 0.2) is 23.0 Å². The second-order valence-corrected chi connectivity index (χ2v) is 4.18. The molecule has 102 valence electrons. The van der Waals surface area contributed by atoms with E-state index in [1.807, 2.05) is 6.92 Å². The molecule has 1 aromatic heterocycles. The summed E-state index contributed by atoms with van der Waals surface area (Å²) in [6.45, 7) is 3.73. The third-order valence-electron chi connectivity index (χ3n) is 2.93. The number of ether oxygens (including phenoxy) is 1. The van der Waals surface area contributed by atoms with Crippen LogP contribution in [0.25, 0.3) is 11.0 Å². The lowest BCUT2D eigenvalue weighted by molar-refractivity contribution is 0.0555. The van der Waals surface area contributed by atoms with E-state index in [0.717, 1.165) is 0 Å². The highest BCUT2D eigenvalue weighted by molar-refractivity contribution is 5.93. The smallest absolute Gasteiger partial charge is 0.339 e. The van der Waals surface area contributed by atoms with Crippen molar-refractivity contribution in [2.75, 3.05) is 6.61 Å². The van der Waals surface area contributed by atoms with E-state index in [4.69, 9.17) is 10.00 Å². The molecule has 0 atom stereocenters. The number of nitriles is 1. The number of benzene rings is 1. The number of carbonyl (C=O) groups is 1. The van der Waals surface area contributed by atoms with Gasteiger partial charge >= 0.3 is 5.97 Å². The Hall–Kier alpha value is -2.68. The lowest BCUT2D eigenvalue weighted by Crippen LogP contribution is -2.23. The summed E-state index contributed by atoms with van der Waals surface area (Å²) >= 11 is 0. The summed E-state index contributed by atoms with van der Waals surface area (Å²) < 4.78 is 6.34. The van der Waals surface area contributed by atoms with Gasteiger partial charge in [-0.15, -0.1) is 0 Å². The molecule has 0 spiro atoms. The third-order valence-corrected chi connectivity index (χ3v) is 2.93. The monoisotopic (exact) mass is 271 g/mol. The molecule has 0 unspecified atom stereocenters. The normalized spacial score (nSPS) is 10.2. The molecule has 2 aromatic rings. The maximum absolute atomic E-state index is 11.9. The van der Waals surface area contributed by atoms with Crippen LogP contribution in [-0.2, 0) is 11.3 Å². The molecule has 0 bridgehead atoms. The molecule has 0 N–H and O–H groups in total. The second kappa shape index (κ2) is 5.53. The molecule has 6 heteroatoms. The Morgan fingerprint density at radius 1 is 1.50 bits per heavy atom. The highest BCUT2D eigenvalue weighted by atomic mass is 16.5. The molecular weight excluding hydrogens is 258 g/mol. The molecule has 20 heavy (non-hydrogen) atoms. The molecule has 0 saturated heterocycles. The molecule has 0 amide bonds. The molecule has 0 saturated carbocycles. The van der Waals surface area contributed by atoms with Crippen molar-refractivity contribution in [2.45, 2.75) is 20.4 Å². The van der Waals surface area contributed by atoms with Crippen LogP contribution >= 0.6 is 0 Å². The largest absolute Gasteiger partial charge is 0.447 e. The summed E-state index contributed by atoms with van der Waals surface area (Å²) in [6, 6.07) is 6.52. The van der Waals surface area contributed by atoms with Crippen LogP contribution < -0.4 is 5.56 Å². The van der Waals surface area contributed by atoms with Crippen molar-refractivity contribution in [2.24, 2.45) is 0 Å². The van der Waals surface area contributed by atoms with Crippen molar-refractivity contribution >= 4 is 17.0 Å². The van der Waals surface area contributed by atoms with Gasteiger partial charge in [-0.2, -0.15) is 5.26 Å². The fraction of sp³-hybridized carbons (Fsp3) is 0.286. The van der Waals surface area contributed by atoms with Gasteiger partial charge in [0, 0.05) is 6.54 Å². The molecule has 1 aromatic carbocycles. The molecule has 2 rings (SSSR count). The Labute approximate surface area is 115 Å². The van der Waals surface area contributed by atoms with Gasteiger partial charge < -0.3 is 9.30 Å². The molecule has 0 aliphatic rings. The molecule has 0 aliphatic carbocycles. The van der Waals surface area contributed by atoms with Crippen LogP contribution in [0.3, 0.4) is 0 Å². The van der Waals surface area contributed by atoms with E-state index in [1.165, 1.54) is 0 Å². The number of aromatic nitrogens is 2. The summed E-state index contributed by atoms with van der Waals surface area (Å²) in [5, 5.41) is 8.39. The van der Waals surface area contributed by atoms with Crippen molar-refractivity contribution in [1.29, 1.82) is 5.26 Å². The average Bonchev–Trinajstić information content (AvgIpc) is 2.45. The van der Waals surface area contributed by atoms with E-state index in [-0.39, 0.29) is 12.2 Å². The maximum Gasteiger partial charge on any atom is 0.339 e. The van der Waals surface area contributed by atoms with Crippen LogP contribution in [0, 0.1) is 18.3 Å². The molecular formula is C14H13N3O3. The van der Waals surface area contributed by atoms with E-state index in [0.29, 0.717) is 28.8 Å². The van der Waals surface area contributed by atoms with Gasteiger partial charge in [0.2, 0.25) is 0 Å². The Morgan fingerprint density at radius 3 is 2.90 bits per heavy atom. The van der Waals surface area contributed by atoms with Gasteiger partial charge in [-0.3, -0.25) is 4.79 Å². The van der Waals surface area contributed by atoms with Crippen LogP contribution in [0.1, 0.15) is 23.0 Å². The molecule has 6 nitrogen and oxygen atoms in total. The van der Waals surface area contributed by atoms with E-state index in [9.17, 15) is 9.59 Å². The van der Waals surface area contributed by atoms with Gasteiger partial charge in [0.05, 0.1) is 16.6 Å². The first kappa shape index (κ1) is 13.7. The van der Waals surface area contributed by atoms with Crippen molar-refractivity contribution in [3.63, 3.8) is 0 Å². The standard InChI is InChI=1S/C14H13N3O3/c1-3-17-12-5-4-10(14(19)20-7-6-15)8-11(12)16-9(2)13(17)18/h4-5,8H,3,7H2,1-2H3. The SMILES string of the molecule is CCn1c(=O)c(C)nc2cc(C(=O)OCC#N)ccc21. The first-order valence-electron chi connectivity index (χ1n) is 6.13. The second-order valence-electron chi connectivity index (χ2n) is 4.18. The van der Waals surface area contributed by atoms with Gasteiger partial charge in [-0.05, 0) is 32.0 Å². The minimum absolute atomic E-state index is 0.139. The number of nitrogens with zero attached hydrogens (tertiary/aromatic N) is 3. The van der Waals surface area contributed by atoms with Crippen LogP contribution in [0.2, 0.25) is 0 Å². The van der Waals surface area contributed by atoms with Gasteiger partial charge in [-0.1, -0.05) is 0 Å². The van der Waals surface area contributed by atoms with Crippen molar-refractivity contribution in [3.05, 3.63) is 39.8 Å². The lowest BCUT2D eigenvalue weighted by atomic mass is 10.2. The quantitative estimate of drug-likeness (QED) is 0.788. The first-order valence-corrected chi connectivity index (χ1v) is 6.13. The van der Waals surface area contributed by atoms with Crippen LogP contribution in [-0.4, -0.2) is 22.1 Å². The number of hydrogen-bond acceptors (Lipinski definition) is 5. The Balaban J connectivity index is 2.56.